The summed E-state index contributed by atoms with van der Waals surface area (Å²) < 4.78 is 21.3. The molecular weight excluding hydrogens is 452 g/mol. The second-order valence-corrected chi connectivity index (χ2v) is 6.94. The maximum Gasteiger partial charge on any atom is 0.344 e. The van der Waals surface area contributed by atoms with Gasteiger partial charge in [-0.05, 0) is 43.8 Å². The molecular formula is C18H21BrN2O6S. The van der Waals surface area contributed by atoms with Gasteiger partial charge in [-0.1, -0.05) is 15.9 Å². The van der Waals surface area contributed by atoms with Gasteiger partial charge in [0.05, 0.1) is 32.4 Å². The summed E-state index contributed by atoms with van der Waals surface area (Å²) in [6.07, 6.45) is 0. The van der Waals surface area contributed by atoms with Crippen molar-refractivity contribution in [3.8, 4) is 11.5 Å². The first kappa shape index (κ1) is 22.0. The quantitative estimate of drug-likeness (QED) is 0.457. The van der Waals surface area contributed by atoms with Gasteiger partial charge in [0, 0.05) is 10.2 Å². The Balaban J connectivity index is 2.42. The predicted molar refractivity (Wildman–Crippen MR) is 109 cm³/mol. The number of hydrogen-bond acceptors (Lipinski definition) is 7. The van der Waals surface area contributed by atoms with Crippen LogP contribution in [0.15, 0.2) is 27.9 Å². The number of allylic oxidation sites excluding steroid dienone is 1. The van der Waals surface area contributed by atoms with E-state index in [2.05, 4.69) is 26.6 Å². The molecule has 8 nitrogen and oxygen atoms in total. The highest BCUT2D eigenvalue weighted by Gasteiger charge is 2.32. The molecule has 0 spiro atoms. The highest BCUT2D eigenvalue weighted by atomic mass is 79.9. The van der Waals surface area contributed by atoms with Crippen LogP contribution in [0, 0.1) is 0 Å². The molecule has 0 amide bonds. The fourth-order valence-corrected chi connectivity index (χ4v) is 3.51. The molecule has 0 fully saturated rings. The molecule has 1 aromatic carbocycles. The summed E-state index contributed by atoms with van der Waals surface area (Å²) in [6, 6.07) is 2.79. The summed E-state index contributed by atoms with van der Waals surface area (Å²) in [5, 5.41) is 6.37. The smallest absolute Gasteiger partial charge is 0.344 e. The van der Waals surface area contributed by atoms with Crippen molar-refractivity contribution in [1.29, 1.82) is 0 Å². The van der Waals surface area contributed by atoms with Crippen LogP contribution in [0.4, 0.5) is 0 Å². The summed E-state index contributed by atoms with van der Waals surface area (Å²) in [5.74, 6) is -0.237. The predicted octanol–water partition coefficient (Wildman–Crippen LogP) is 2.37. The molecule has 1 heterocycles. The van der Waals surface area contributed by atoms with Crippen LogP contribution in [-0.2, 0) is 19.1 Å². The number of nitrogens with one attached hydrogen (secondary N) is 2. The zero-order chi connectivity index (χ0) is 20.8. The third-order valence-corrected chi connectivity index (χ3v) is 4.83. The zero-order valence-corrected chi connectivity index (χ0v) is 18.3. The molecule has 1 aromatic rings. The molecule has 0 aromatic heterocycles. The van der Waals surface area contributed by atoms with E-state index in [4.69, 9.17) is 31.2 Å². The highest BCUT2D eigenvalue weighted by Crippen LogP contribution is 2.39. The molecule has 0 aliphatic carbocycles. The van der Waals surface area contributed by atoms with Gasteiger partial charge < -0.3 is 29.6 Å². The molecule has 0 saturated heterocycles. The first-order valence-electron chi connectivity index (χ1n) is 8.34. The van der Waals surface area contributed by atoms with Crippen molar-refractivity contribution in [1.82, 2.24) is 10.6 Å². The number of carbonyl (C=O) groups excluding carboxylic acids is 2. The fraction of sp³-hybridized carbons (Fsp3) is 0.389. The molecule has 1 atom stereocenters. The van der Waals surface area contributed by atoms with Crippen LogP contribution >= 0.6 is 28.1 Å². The van der Waals surface area contributed by atoms with E-state index >= 15 is 0 Å². The molecule has 0 bridgehead atoms. The molecule has 152 valence electrons. The SMILES string of the molecule is CCOC(=O)COc1cc(Br)c([C@H]2NC(=S)NC(C)=C2C(=O)OC)cc1OC. The fourth-order valence-electron chi connectivity index (χ4n) is 2.69. The molecule has 2 N–H and O–H groups in total. The van der Waals surface area contributed by atoms with Crippen LogP contribution in [0.3, 0.4) is 0 Å². The summed E-state index contributed by atoms with van der Waals surface area (Å²) in [5.41, 5.74) is 1.66. The third kappa shape index (κ3) is 4.93. The second kappa shape index (κ2) is 9.74. The van der Waals surface area contributed by atoms with E-state index in [9.17, 15) is 9.59 Å². The standard InChI is InChI=1S/C18H21BrN2O6S/c1-5-26-14(22)8-27-13-7-11(19)10(6-12(13)24-3)16-15(17(23)25-4)9(2)20-18(28)21-16/h6-7,16H,5,8H2,1-4H3,(H2,20,21,28)/t16-/m1/s1. The lowest BCUT2D eigenvalue weighted by Crippen LogP contribution is -2.45. The number of methoxy groups -OCH3 is 2. The Bertz CT molecular complexity index is 827. The maximum absolute atomic E-state index is 12.3. The van der Waals surface area contributed by atoms with Crippen molar-refractivity contribution in [2.24, 2.45) is 0 Å². The van der Waals surface area contributed by atoms with Crippen LogP contribution in [0.1, 0.15) is 25.5 Å². The molecule has 1 aliphatic rings. The number of ether oxygens (including phenoxy) is 4. The summed E-state index contributed by atoms with van der Waals surface area (Å²) >= 11 is 8.72. The molecule has 28 heavy (non-hydrogen) atoms. The van der Waals surface area contributed by atoms with Gasteiger partial charge in [0.25, 0.3) is 0 Å². The number of carbonyl (C=O) groups is 2. The lowest BCUT2D eigenvalue weighted by atomic mass is 9.95. The molecule has 0 radical (unpaired) electrons. The third-order valence-electron chi connectivity index (χ3n) is 3.92. The topological polar surface area (TPSA) is 95.1 Å². The van der Waals surface area contributed by atoms with Gasteiger partial charge in [-0.3, -0.25) is 0 Å². The molecule has 0 saturated carbocycles. The Morgan fingerprint density at radius 3 is 2.57 bits per heavy atom. The van der Waals surface area contributed by atoms with Gasteiger partial charge in [0.1, 0.15) is 0 Å². The summed E-state index contributed by atoms with van der Waals surface area (Å²) in [7, 11) is 2.79. The van der Waals surface area contributed by atoms with E-state index in [1.54, 1.807) is 26.0 Å². The number of benzene rings is 1. The maximum atomic E-state index is 12.3. The number of hydrogen-bond donors (Lipinski definition) is 2. The summed E-state index contributed by atoms with van der Waals surface area (Å²) in [6.45, 7) is 3.48. The van der Waals surface area contributed by atoms with Crippen molar-refractivity contribution in [2.45, 2.75) is 19.9 Å². The van der Waals surface area contributed by atoms with Gasteiger partial charge in [-0.2, -0.15) is 0 Å². The van der Waals surface area contributed by atoms with Crippen LogP contribution < -0.4 is 20.1 Å². The van der Waals surface area contributed by atoms with Crippen LogP contribution in [0.2, 0.25) is 0 Å². The van der Waals surface area contributed by atoms with E-state index in [-0.39, 0.29) is 13.2 Å². The van der Waals surface area contributed by atoms with Crippen LogP contribution in [-0.4, -0.2) is 44.5 Å². The minimum atomic E-state index is -0.566. The number of thiocarbonyl (C=S) groups is 1. The molecule has 0 unspecified atom stereocenters. The zero-order valence-electron chi connectivity index (χ0n) is 15.9. The van der Waals surface area contributed by atoms with Crippen molar-refractivity contribution in [2.75, 3.05) is 27.4 Å². The van der Waals surface area contributed by atoms with Gasteiger partial charge in [-0.25, -0.2) is 9.59 Å². The van der Waals surface area contributed by atoms with E-state index in [0.29, 0.717) is 37.9 Å². The monoisotopic (exact) mass is 472 g/mol. The minimum absolute atomic E-state index is 0.252. The largest absolute Gasteiger partial charge is 0.493 e. The van der Waals surface area contributed by atoms with E-state index in [1.807, 2.05) is 0 Å². The van der Waals surface area contributed by atoms with Crippen LogP contribution in [0.5, 0.6) is 11.5 Å². The van der Waals surface area contributed by atoms with Crippen LogP contribution in [0.25, 0.3) is 0 Å². The van der Waals surface area contributed by atoms with Gasteiger partial charge in [0.15, 0.2) is 23.2 Å². The number of esters is 2. The Labute approximate surface area is 176 Å². The lowest BCUT2D eigenvalue weighted by molar-refractivity contribution is -0.145. The number of halogens is 1. The first-order valence-corrected chi connectivity index (χ1v) is 9.54. The Morgan fingerprint density at radius 1 is 1.25 bits per heavy atom. The average molecular weight is 473 g/mol. The Morgan fingerprint density at radius 2 is 1.96 bits per heavy atom. The second-order valence-electron chi connectivity index (χ2n) is 5.68. The lowest BCUT2D eigenvalue weighted by Gasteiger charge is -2.30. The van der Waals surface area contributed by atoms with Crippen molar-refractivity contribution in [3.05, 3.63) is 33.4 Å². The van der Waals surface area contributed by atoms with E-state index in [0.717, 1.165) is 0 Å². The van der Waals surface area contributed by atoms with E-state index in [1.165, 1.54) is 14.2 Å². The highest BCUT2D eigenvalue weighted by molar-refractivity contribution is 9.10. The van der Waals surface area contributed by atoms with Gasteiger partial charge in [0.2, 0.25) is 0 Å². The normalized spacial score (nSPS) is 16.0. The Kier molecular flexibility index (Phi) is 7.64. The average Bonchev–Trinajstić information content (AvgIpc) is 2.65. The van der Waals surface area contributed by atoms with Gasteiger partial charge >= 0.3 is 11.9 Å². The Hall–Kier alpha value is -2.33. The van der Waals surface area contributed by atoms with Crippen molar-refractivity contribution in [3.63, 3.8) is 0 Å². The molecule has 2 rings (SSSR count). The number of rotatable bonds is 7. The van der Waals surface area contributed by atoms with Crippen molar-refractivity contribution >= 4 is 45.2 Å². The minimum Gasteiger partial charge on any atom is -0.493 e. The summed E-state index contributed by atoms with van der Waals surface area (Å²) in [4.78, 5) is 23.9. The van der Waals surface area contributed by atoms with E-state index < -0.39 is 18.0 Å². The first-order chi connectivity index (χ1) is 13.3. The van der Waals surface area contributed by atoms with Crippen molar-refractivity contribution < 1.29 is 28.5 Å². The molecule has 10 heteroatoms. The van der Waals surface area contributed by atoms with Gasteiger partial charge in [-0.15, -0.1) is 0 Å². The molecule has 1 aliphatic heterocycles.